The fourth-order valence-corrected chi connectivity index (χ4v) is 1.94. The maximum Gasteiger partial charge on any atom is 0.329 e. The summed E-state index contributed by atoms with van der Waals surface area (Å²) in [5, 5.41) is 22.8. The van der Waals surface area contributed by atoms with Crippen molar-refractivity contribution in [3.63, 3.8) is 0 Å². The van der Waals surface area contributed by atoms with Crippen LogP contribution in [0.1, 0.15) is 24.8 Å². The largest absolute Gasteiger partial charge is 0.480 e. The molecule has 96 valence electrons. The summed E-state index contributed by atoms with van der Waals surface area (Å²) in [5.74, 6) is -0.974. The van der Waals surface area contributed by atoms with Crippen LogP contribution in [0.5, 0.6) is 0 Å². The number of hydrogen-bond donors (Lipinski definition) is 2. The molecule has 1 saturated carbocycles. The van der Waals surface area contributed by atoms with E-state index in [0.717, 1.165) is 6.42 Å². The van der Waals surface area contributed by atoms with Gasteiger partial charge in [-0.3, -0.25) is 10.1 Å². The third kappa shape index (κ3) is 1.99. The van der Waals surface area contributed by atoms with E-state index in [4.69, 9.17) is 5.11 Å². The third-order valence-electron chi connectivity index (χ3n) is 3.18. The Morgan fingerprint density at radius 2 is 2.28 bits per heavy atom. The molecule has 0 atom stereocenters. The second-order valence-electron chi connectivity index (χ2n) is 4.50. The van der Waals surface area contributed by atoms with Crippen molar-refractivity contribution in [3.05, 3.63) is 27.9 Å². The molecule has 0 aromatic carbocycles. The van der Waals surface area contributed by atoms with Crippen molar-refractivity contribution in [1.29, 1.82) is 0 Å². The maximum atomic E-state index is 11.2. The highest BCUT2D eigenvalue weighted by Gasteiger charge is 2.45. The van der Waals surface area contributed by atoms with Crippen molar-refractivity contribution in [3.8, 4) is 0 Å². The Bertz CT molecular complexity index is 511. The first kappa shape index (κ1) is 12.3. The first-order valence-electron chi connectivity index (χ1n) is 5.57. The first-order valence-corrected chi connectivity index (χ1v) is 5.57. The van der Waals surface area contributed by atoms with E-state index < -0.39 is 16.4 Å². The van der Waals surface area contributed by atoms with Crippen LogP contribution in [-0.4, -0.2) is 26.5 Å². The normalized spacial score (nSPS) is 16.7. The number of anilines is 1. The van der Waals surface area contributed by atoms with Gasteiger partial charge in [0.1, 0.15) is 5.54 Å². The van der Waals surface area contributed by atoms with Crippen molar-refractivity contribution < 1.29 is 14.8 Å². The number of nitrogens with zero attached hydrogens (tertiary/aromatic N) is 2. The van der Waals surface area contributed by atoms with Crippen LogP contribution in [0, 0.1) is 17.0 Å². The number of aromatic nitrogens is 1. The molecule has 1 aromatic heterocycles. The van der Waals surface area contributed by atoms with E-state index >= 15 is 0 Å². The zero-order valence-electron chi connectivity index (χ0n) is 9.84. The van der Waals surface area contributed by atoms with E-state index in [9.17, 15) is 14.9 Å². The maximum absolute atomic E-state index is 11.2. The van der Waals surface area contributed by atoms with Gasteiger partial charge >= 0.3 is 11.7 Å². The number of aliphatic carboxylic acids is 1. The van der Waals surface area contributed by atoms with Crippen LogP contribution in [0.15, 0.2) is 12.3 Å². The van der Waals surface area contributed by atoms with Crippen molar-refractivity contribution in [2.75, 3.05) is 5.32 Å². The van der Waals surface area contributed by atoms with E-state index in [1.807, 2.05) is 0 Å². The van der Waals surface area contributed by atoms with E-state index in [0.29, 0.717) is 18.4 Å². The van der Waals surface area contributed by atoms with Gasteiger partial charge in [-0.15, -0.1) is 0 Å². The molecule has 2 N–H and O–H groups in total. The highest BCUT2D eigenvalue weighted by atomic mass is 16.6. The molecule has 0 bridgehead atoms. The van der Waals surface area contributed by atoms with Gasteiger partial charge in [0.25, 0.3) is 0 Å². The molecule has 2 rings (SSSR count). The Morgan fingerprint density at radius 1 is 1.61 bits per heavy atom. The van der Waals surface area contributed by atoms with Crippen molar-refractivity contribution in [1.82, 2.24) is 4.98 Å². The fourth-order valence-electron chi connectivity index (χ4n) is 1.94. The van der Waals surface area contributed by atoms with E-state index in [1.165, 1.54) is 12.3 Å². The number of carboxylic acid groups (broad SMARTS) is 1. The van der Waals surface area contributed by atoms with Crippen molar-refractivity contribution in [2.24, 2.45) is 0 Å². The highest BCUT2D eigenvalue weighted by Crippen LogP contribution is 2.37. The number of nitrogens with one attached hydrogen (secondary N) is 1. The minimum Gasteiger partial charge on any atom is -0.480 e. The fraction of sp³-hybridized carbons (Fsp3) is 0.455. The molecule has 7 nitrogen and oxygen atoms in total. The number of carbonyl (C=O) groups is 1. The molecule has 7 heteroatoms. The van der Waals surface area contributed by atoms with Gasteiger partial charge in [-0.05, 0) is 31.7 Å². The van der Waals surface area contributed by atoms with Crippen LogP contribution >= 0.6 is 0 Å². The number of rotatable bonds is 4. The average molecular weight is 251 g/mol. The second kappa shape index (κ2) is 4.25. The summed E-state index contributed by atoms with van der Waals surface area (Å²) in [6.45, 7) is 1.69. The molecule has 1 aliphatic carbocycles. The van der Waals surface area contributed by atoms with Crippen molar-refractivity contribution >= 4 is 17.5 Å². The Morgan fingerprint density at radius 3 is 2.72 bits per heavy atom. The molecule has 1 heterocycles. The zero-order chi connectivity index (χ0) is 13.3. The Labute approximate surface area is 103 Å². The standard InChI is InChI=1S/C11H13N3O4/c1-7-5-8(14(17)18)9(12-6-7)13-11(10(15)16)3-2-4-11/h5-6H,2-4H2,1H3,(H,12,13)(H,15,16). The van der Waals surface area contributed by atoms with Crippen molar-refractivity contribution in [2.45, 2.75) is 31.7 Å². The molecule has 0 aliphatic heterocycles. The van der Waals surface area contributed by atoms with Gasteiger partial charge in [0.2, 0.25) is 5.82 Å². The van der Waals surface area contributed by atoms with Gasteiger partial charge in [-0.25, -0.2) is 9.78 Å². The Kier molecular flexibility index (Phi) is 2.90. The number of carboxylic acids is 1. The lowest BCUT2D eigenvalue weighted by Crippen LogP contribution is -2.52. The monoisotopic (exact) mass is 251 g/mol. The molecule has 18 heavy (non-hydrogen) atoms. The van der Waals surface area contributed by atoms with Gasteiger partial charge in [0.15, 0.2) is 0 Å². The molecular formula is C11H13N3O4. The van der Waals surface area contributed by atoms with Gasteiger partial charge in [0.05, 0.1) is 4.92 Å². The van der Waals surface area contributed by atoms with E-state index in [-0.39, 0.29) is 11.5 Å². The lowest BCUT2D eigenvalue weighted by Gasteiger charge is -2.38. The number of hydrogen-bond acceptors (Lipinski definition) is 5. The van der Waals surface area contributed by atoms with Gasteiger partial charge in [0, 0.05) is 12.3 Å². The SMILES string of the molecule is Cc1cnc(NC2(C(=O)O)CCC2)c([N+](=O)[O-])c1. The van der Waals surface area contributed by atoms with Crippen LogP contribution in [0.3, 0.4) is 0 Å². The van der Waals surface area contributed by atoms with Crippen LogP contribution < -0.4 is 5.32 Å². The van der Waals surface area contributed by atoms with Crippen LogP contribution in [-0.2, 0) is 4.79 Å². The third-order valence-corrected chi connectivity index (χ3v) is 3.18. The summed E-state index contributed by atoms with van der Waals surface area (Å²) < 4.78 is 0. The van der Waals surface area contributed by atoms with Crippen LogP contribution in [0.25, 0.3) is 0 Å². The number of nitro groups is 1. The summed E-state index contributed by atoms with van der Waals surface area (Å²) in [7, 11) is 0. The first-order chi connectivity index (χ1) is 8.44. The molecule has 1 aromatic rings. The molecule has 0 unspecified atom stereocenters. The van der Waals surface area contributed by atoms with Gasteiger partial charge in [-0.1, -0.05) is 0 Å². The number of pyridine rings is 1. The summed E-state index contributed by atoms with van der Waals surface area (Å²) in [6.07, 6.45) is 3.17. The van der Waals surface area contributed by atoms with Crippen LogP contribution in [0.4, 0.5) is 11.5 Å². The second-order valence-corrected chi connectivity index (χ2v) is 4.50. The van der Waals surface area contributed by atoms with Gasteiger partial charge in [-0.2, -0.15) is 0 Å². The average Bonchev–Trinajstić information content (AvgIpc) is 2.24. The van der Waals surface area contributed by atoms with E-state index in [2.05, 4.69) is 10.3 Å². The quantitative estimate of drug-likeness (QED) is 0.623. The smallest absolute Gasteiger partial charge is 0.329 e. The molecule has 0 amide bonds. The zero-order valence-corrected chi connectivity index (χ0v) is 9.84. The van der Waals surface area contributed by atoms with E-state index in [1.54, 1.807) is 6.92 Å². The van der Waals surface area contributed by atoms with Crippen LogP contribution in [0.2, 0.25) is 0 Å². The minimum absolute atomic E-state index is 0.0210. The minimum atomic E-state index is -1.10. The lowest BCUT2D eigenvalue weighted by molar-refractivity contribution is -0.384. The predicted molar refractivity (Wildman–Crippen MR) is 63.5 cm³/mol. The summed E-state index contributed by atoms with van der Waals surface area (Å²) >= 11 is 0. The van der Waals surface area contributed by atoms with Gasteiger partial charge < -0.3 is 10.4 Å². The molecule has 0 saturated heterocycles. The summed E-state index contributed by atoms with van der Waals surface area (Å²) in [4.78, 5) is 25.5. The Balaban J connectivity index is 2.34. The molecule has 0 radical (unpaired) electrons. The lowest BCUT2D eigenvalue weighted by atomic mass is 9.77. The summed E-state index contributed by atoms with van der Waals surface area (Å²) in [5.41, 5.74) is -0.639. The summed E-state index contributed by atoms with van der Waals surface area (Å²) in [6, 6.07) is 1.38. The molecule has 0 spiro atoms. The highest BCUT2D eigenvalue weighted by molar-refractivity contribution is 5.84. The molecule has 1 aliphatic rings. The Hall–Kier alpha value is -2.18. The predicted octanol–water partition coefficient (Wildman–Crippen LogP) is 1.72. The topological polar surface area (TPSA) is 105 Å². The number of aryl methyl sites for hydroxylation is 1. The molecule has 1 fully saturated rings. The molecular weight excluding hydrogens is 238 g/mol.